The molecule has 0 aromatic heterocycles. The van der Waals surface area contributed by atoms with Crippen LogP contribution in [0.1, 0.15) is 18.4 Å². The summed E-state index contributed by atoms with van der Waals surface area (Å²) in [6.45, 7) is 3.59. The maximum Gasteiger partial charge on any atom is 0.414 e. The first kappa shape index (κ1) is 13.9. The Labute approximate surface area is 124 Å². The number of nitrogen functional groups attached to an aromatic ring is 1. The number of carbonyl (C=O) groups is 1. The molecule has 2 aliphatic rings. The van der Waals surface area contributed by atoms with Crippen molar-refractivity contribution in [3.05, 3.63) is 29.8 Å². The average Bonchev–Trinajstić information content (AvgIpc) is 3.09. The van der Waals surface area contributed by atoms with E-state index in [-0.39, 0.29) is 18.0 Å². The molecule has 0 radical (unpaired) electrons. The van der Waals surface area contributed by atoms with Crippen molar-refractivity contribution in [2.24, 2.45) is 5.73 Å². The van der Waals surface area contributed by atoms with Crippen molar-refractivity contribution in [1.82, 2.24) is 4.90 Å². The fourth-order valence-electron chi connectivity index (χ4n) is 2.90. The van der Waals surface area contributed by atoms with E-state index in [2.05, 4.69) is 4.90 Å². The predicted octanol–water partition coefficient (Wildman–Crippen LogP) is 1.39. The standard InChI is InChI=1S/C15H20N4O2/c16-14(17)11-3-5-12(6-4-11)19-10-13(21-15(19)20)9-18-7-1-2-8-18/h3-6,13H,1-2,7-10H2,(H3,16,17). The third-order valence-corrected chi connectivity index (χ3v) is 4.02. The molecule has 0 spiro atoms. The van der Waals surface area contributed by atoms with E-state index in [1.165, 1.54) is 12.8 Å². The Morgan fingerprint density at radius 3 is 2.57 bits per heavy atom. The number of nitrogens with two attached hydrogens (primary N) is 1. The lowest BCUT2D eigenvalue weighted by Crippen LogP contribution is -2.33. The summed E-state index contributed by atoms with van der Waals surface area (Å²) in [4.78, 5) is 16.0. The molecule has 112 valence electrons. The molecule has 0 saturated carbocycles. The predicted molar refractivity (Wildman–Crippen MR) is 80.7 cm³/mol. The van der Waals surface area contributed by atoms with Gasteiger partial charge in [0.2, 0.25) is 0 Å². The topological polar surface area (TPSA) is 82.7 Å². The van der Waals surface area contributed by atoms with Gasteiger partial charge in [-0.3, -0.25) is 15.2 Å². The lowest BCUT2D eigenvalue weighted by Gasteiger charge is -2.18. The number of anilines is 1. The number of benzene rings is 1. The number of amides is 1. The van der Waals surface area contributed by atoms with Crippen LogP contribution in [0.15, 0.2) is 24.3 Å². The van der Waals surface area contributed by atoms with Crippen molar-refractivity contribution < 1.29 is 9.53 Å². The molecule has 0 aliphatic carbocycles. The number of nitrogens with one attached hydrogen (secondary N) is 1. The number of likely N-dealkylation sites (tertiary alicyclic amines) is 1. The summed E-state index contributed by atoms with van der Waals surface area (Å²) in [6, 6.07) is 7.10. The van der Waals surface area contributed by atoms with E-state index in [0.29, 0.717) is 12.1 Å². The van der Waals surface area contributed by atoms with Crippen LogP contribution in [0.4, 0.5) is 10.5 Å². The van der Waals surface area contributed by atoms with Gasteiger partial charge < -0.3 is 10.5 Å². The molecule has 2 fully saturated rings. The van der Waals surface area contributed by atoms with Crippen LogP contribution in [0.2, 0.25) is 0 Å². The minimum Gasteiger partial charge on any atom is -0.443 e. The second-order valence-electron chi connectivity index (χ2n) is 5.58. The minimum atomic E-state index is -0.297. The Morgan fingerprint density at radius 1 is 1.29 bits per heavy atom. The maximum atomic E-state index is 12.0. The van der Waals surface area contributed by atoms with E-state index in [0.717, 1.165) is 25.3 Å². The van der Waals surface area contributed by atoms with Gasteiger partial charge in [-0.15, -0.1) is 0 Å². The SMILES string of the molecule is N=C(N)c1ccc(N2CC(CN3CCCC3)OC2=O)cc1. The van der Waals surface area contributed by atoms with Gasteiger partial charge in [-0.1, -0.05) is 0 Å². The van der Waals surface area contributed by atoms with Crippen LogP contribution in [0.5, 0.6) is 0 Å². The largest absolute Gasteiger partial charge is 0.443 e. The van der Waals surface area contributed by atoms with E-state index in [9.17, 15) is 4.79 Å². The first-order valence-corrected chi connectivity index (χ1v) is 7.28. The first-order valence-electron chi connectivity index (χ1n) is 7.28. The molecule has 2 heterocycles. The molecule has 3 rings (SSSR count). The third-order valence-electron chi connectivity index (χ3n) is 4.02. The second-order valence-corrected chi connectivity index (χ2v) is 5.58. The molecule has 3 N–H and O–H groups in total. The number of amidine groups is 1. The summed E-state index contributed by atoms with van der Waals surface area (Å²) in [6.07, 6.45) is 2.10. The summed E-state index contributed by atoms with van der Waals surface area (Å²) in [5, 5.41) is 7.38. The monoisotopic (exact) mass is 288 g/mol. The highest BCUT2D eigenvalue weighted by atomic mass is 16.6. The summed E-state index contributed by atoms with van der Waals surface area (Å²) in [5.41, 5.74) is 6.87. The van der Waals surface area contributed by atoms with Crippen LogP contribution < -0.4 is 10.6 Å². The van der Waals surface area contributed by atoms with Crippen LogP contribution in [0, 0.1) is 5.41 Å². The van der Waals surface area contributed by atoms with Gasteiger partial charge in [0.05, 0.1) is 6.54 Å². The molecule has 2 aliphatic heterocycles. The zero-order valence-electron chi connectivity index (χ0n) is 11.9. The van der Waals surface area contributed by atoms with Gasteiger partial charge in [0.25, 0.3) is 0 Å². The van der Waals surface area contributed by atoms with Gasteiger partial charge in [0.1, 0.15) is 11.9 Å². The van der Waals surface area contributed by atoms with Crippen LogP contribution in [-0.2, 0) is 4.74 Å². The molecule has 2 saturated heterocycles. The number of ether oxygens (including phenoxy) is 1. The highest BCUT2D eigenvalue weighted by molar-refractivity contribution is 5.96. The third kappa shape index (κ3) is 3.00. The Balaban J connectivity index is 1.65. The molecular weight excluding hydrogens is 268 g/mol. The van der Waals surface area contributed by atoms with Gasteiger partial charge >= 0.3 is 6.09 Å². The van der Waals surface area contributed by atoms with Gasteiger partial charge in [0, 0.05) is 17.8 Å². The van der Waals surface area contributed by atoms with E-state index in [4.69, 9.17) is 15.9 Å². The van der Waals surface area contributed by atoms with Crippen LogP contribution in [-0.4, -0.2) is 49.1 Å². The number of cyclic esters (lactones) is 1. The molecule has 1 aromatic carbocycles. The smallest absolute Gasteiger partial charge is 0.414 e. The summed E-state index contributed by atoms with van der Waals surface area (Å²) in [5.74, 6) is 0.0254. The molecule has 1 unspecified atom stereocenters. The zero-order valence-corrected chi connectivity index (χ0v) is 11.9. The van der Waals surface area contributed by atoms with E-state index < -0.39 is 0 Å². The molecule has 21 heavy (non-hydrogen) atoms. The van der Waals surface area contributed by atoms with E-state index >= 15 is 0 Å². The van der Waals surface area contributed by atoms with Crippen molar-refractivity contribution in [2.75, 3.05) is 31.1 Å². The van der Waals surface area contributed by atoms with Crippen molar-refractivity contribution in [2.45, 2.75) is 18.9 Å². The molecule has 1 aromatic rings. The fraction of sp³-hybridized carbons (Fsp3) is 0.467. The number of hydrogen-bond donors (Lipinski definition) is 2. The van der Waals surface area contributed by atoms with Crippen molar-refractivity contribution in [3.63, 3.8) is 0 Å². The lowest BCUT2D eigenvalue weighted by molar-refractivity contribution is 0.116. The van der Waals surface area contributed by atoms with E-state index in [1.807, 2.05) is 0 Å². The Kier molecular flexibility index (Phi) is 3.79. The van der Waals surface area contributed by atoms with E-state index in [1.54, 1.807) is 29.2 Å². The number of nitrogens with zero attached hydrogens (tertiary/aromatic N) is 2. The number of hydrogen-bond acceptors (Lipinski definition) is 4. The maximum absolute atomic E-state index is 12.0. The first-order chi connectivity index (χ1) is 10.1. The highest BCUT2D eigenvalue weighted by Crippen LogP contribution is 2.23. The van der Waals surface area contributed by atoms with Crippen molar-refractivity contribution >= 4 is 17.6 Å². The minimum absolute atomic E-state index is 0.0254. The van der Waals surface area contributed by atoms with Gasteiger partial charge in [-0.25, -0.2) is 4.79 Å². The summed E-state index contributed by atoms with van der Waals surface area (Å²) >= 11 is 0. The Bertz CT molecular complexity index is 537. The van der Waals surface area contributed by atoms with Gasteiger partial charge in [0.15, 0.2) is 0 Å². The Hall–Kier alpha value is -2.08. The van der Waals surface area contributed by atoms with Crippen molar-refractivity contribution in [3.8, 4) is 0 Å². The molecule has 0 bridgehead atoms. The number of carbonyl (C=O) groups excluding carboxylic acids is 1. The zero-order chi connectivity index (χ0) is 14.8. The summed E-state index contributed by atoms with van der Waals surface area (Å²) < 4.78 is 5.45. The fourth-order valence-corrected chi connectivity index (χ4v) is 2.90. The molecule has 6 heteroatoms. The molecular formula is C15H20N4O2. The lowest BCUT2D eigenvalue weighted by atomic mass is 10.2. The second kappa shape index (κ2) is 5.73. The van der Waals surface area contributed by atoms with Crippen LogP contribution >= 0.6 is 0 Å². The quantitative estimate of drug-likeness (QED) is 0.648. The highest BCUT2D eigenvalue weighted by Gasteiger charge is 2.33. The van der Waals surface area contributed by atoms with Gasteiger partial charge in [-0.05, 0) is 50.2 Å². The molecule has 6 nitrogen and oxygen atoms in total. The average molecular weight is 288 g/mol. The van der Waals surface area contributed by atoms with Crippen LogP contribution in [0.25, 0.3) is 0 Å². The number of rotatable bonds is 4. The van der Waals surface area contributed by atoms with Crippen LogP contribution in [0.3, 0.4) is 0 Å². The van der Waals surface area contributed by atoms with Gasteiger partial charge in [-0.2, -0.15) is 0 Å². The summed E-state index contributed by atoms with van der Waals surface area (Å²) in [7, 11) is 0. The van der Waals surface area contributed by atoms with Crippen molar-refractivity contribution in [1.29, 1.82) is 5.41 Å². The normalized spacial score (nSPS) is 22.6. The molecule has 1 amide bonds. The Morgan fingerprint density at radius 2 is 1.95 bits per heavy atom. The molecule has 1 atom stereocenters.